The number of aromatic hydroxyl groups is 2. The molecule has 0 fully saturated rings. The lowest BCUT2D eigenvalue weighted by atomic mass is 9.95. The first kappa shape index (κ1) is 19.3. The summed E-state index contributed by atoms with van der Waals surface area (Å²) in [6.45, 7) is 0. The van der Waals surface area contributed by atoms with Gasteiger partial charge in [-0.3, -0.25) is 0 Å². The van der Waals surface area contributed by atoms with Crippen LogP contribution in [0.4, 0.5) is 0 Å². The lowest BCUT2D eigenvalue weighted by Gasteiger charge is -2.19. The Kier molecular flexibility index (Phi) is 5.77. The Hall–Kier alpha value is -2.44. The minimum absolute atomic E-state index is 0.0178. The van der Waals surface area contributed by atoms with Crippen molar-refractivity contribution in [1.29, 1.82) is 0 Å². The summed E-state index contributed by atoms with van der Waals surface area (Å²) in [5.41, 5.74) is 2.59. The van der Waals surface area contributed by atoms with E-state index in [1.807, 2.05) is 0 Å². The molecule has 2 atom stereocenters. The van der Waals surface area contributed by atoms with E-state index in [4.69, 9.17) is 9.47 Å². The fraction of sp³-hybridized carbons (Fsp3) is 0.429. The second-order valence-electron chi connectivity index (χ2n) is 6.93. The molecule has 0 amide bonds. The Balaban J connectivity index is 2.23. The van der Waals surface area contributed by atoms with Crippen molar-refractivity contribution in [2.45, 2.75) is 44.3 Å². The average molecular weight is 374 g/mol. The molecular weight excluding hydrogens is 348 g/mol. The molecule has 0 aromatic heterocycles. The molecule has 1 aliphatic rings. The number of aliphatic hydroxyl groups excluding tert-OH is 2. The number of phenolic OH excluding ortho intramolecular Hbond substituents is 2. The summed E-state index contributed by atoms with van der Waals surface area (Å²) >= 11 is 0. The van der Waals surface area contributed by atoms with Gasteiger partial charge in [0.05, 0.1) is 26.4 Å². The van der Waals surface area contributed by atoms with Gasteiger partial charge in [0.1, 0.15) is 5.75 Å². The molecule has 146 valence electrons. The molecule has 1 aliphatic carbocycles. The van der Waals surface area contributed by atoms with Crippen molar-refractivity contribution in [3.8, 4) is 34.1 Å². The highest BCUT2D eigenvalue weighted by atomic mass is 16.5. The number of fused-ring (bicyclic) bond motifs is 5. The van der Waals surface area contributed by atoms with Crippen LogP contribution in [0.1, 0.15) is 30.4 Å². The van der Waals surface area contributed by atoms with E-state index in [2.05, 4.69) is 0 Å². The second-order valence-corrected chi connectivity index (χ2v) is 6.93. The molecule has 3 rings (SSSR count). The van der Waals surface area contributed by atoms with Gasteiger partial charge in [-0.2, -0.15) is 0 Å². The number of ether oxygens (including phenoxy) is 2. The van der Waals surface area contributed by atoms with E-state index < -0.39 is 12.2 Å². The summed E-state index contributed by atoms with van der Waals surface area (Å²) in [6, 6.07) is 6.85. The van der Waals surface area contributed by atoms with E-state index in [1.165, 1.54) is 14.2 Å². The molecule has 0 aliphatic heterocycles. The molecule has 27 heavy (non-hydrogen) atoms. The van der Waals surface area contributed by atoms with Crippen LogP contribution < -0.4 is 9.47 Å². The smallest absolute Gasteiger partial charge is 0.203 e. The Morgan fingerprint density at radius 1 is 0.889 bits per heavy atom. The van der Waals surface area contributed by atoms with Crippen LogP contribution in [0.3, 0.4) is 0 Å². The Labute approximate surface area is 158 Å². The zero-order chi connectivity index (χ0) is 19.6. The standard InChI is InChI=1S/C21H26O6/c1-26-20-15-11-13(19(25)21(20)27-2)5-3-4-6-17(23)18(24)10-12-7-8-16(22)14(15)9-12/h7-9,11,17-18,22-25H,3-6,10H2,1-2H3/t17-,18+/m0/s1. The van der Waals surface area contributed by atoms with E-state index in [0.717, 1.165) is 12.0 Å². The van der Waals surface area contributed by atoms with Gasteiger partial charge in [-0.1, -0.05) is 12.5 Å². The monoisotopic (exact) mass is 374 g/mol. The van der Waals surface area contributed by atoms with Crippen molar-refractivity contribution >= 4 is 0 Å². The minimum Gasteiger partial charge on any atom is -0.507 e. The first-order valence-electron chi connectivity index (χ1n) is 9.11. The summed E-state index contributed by atoms with van der Waals surface area (Å²) in [5, 5.41) is 41.5. The quantitative estimate of drug-likeness (QED) is 0.645. The fourth-order valence-corrected chi connectivity index (χ4v) is 3.63. The first-order chi connectivity index (χ1) is 13.0. The van der Waals surface area contributed by atoms with Gasteiger partial charge in [0.25, 0.3) is 0 Å². The summed E-state index contributed by atoms with van der Waals surface area (Å²) in [4.78, 5) is 0. The number of rotatable bonds is 2. The van der Waals surface area contributed by atoms with Crippen molar-refractivity contribution < 1.29 is 29.9 Å². The van der Waals surface area contributed by atoms with E-state index in [9.17, 15) is 20.4 Å². The first-order valence-corrected chi connectivity index (χ1v) is 9.11. The number of benzene rings is 2. The Morgan fingerprint density at radius 2 is 1.63 bits per heavy atom. The second kappa shape index (κ2) is 8.06. The third-order valence-electron chi connectivity index (χ3n) is 5.13. The highest BCUT2D eigenvalue weighted by Gasteiger charge is 2.24. The Bertz CT molecular complexity index is 817. The predicted octanol–water partition coefficient (Wildman–Crippen LogP) is 2.77. The number of aliphatic hydroxyl groups is 2. The van der Waals surface area contributed by atoms with Crippen molar-refractivity contribution in [3.63, 3.8) is 0 Å². The molecule has 0 saturated carbocycles. The maximum absolute atomic E-state index is 10.6. The highest BCUT2D eigenvalue weighted by Crippen LogP contribution is 2.48. The number of hydrogen-bond donors (Lipinski definition) is 4. The topological polar surface area (TPSA) is 99.4 Å². The maximum atomic E-state index is 10.6. The zero-order valence-corrected chi connectivity index (χ0v) is 15.6. The van der Waals surface area contributed by atoms with Crippen molar-refractivity contribution in [2.75, 3.05) is 14.2 Å². The van der Waals surface area contributed by atoms with Gasteiger partial charge in [-0.05, 0) is 48.6 Å². The van der Waals surface area contributed by atoms with Crippen molar-refractivity contribution in [2.24, 2.45) is 0 Å². The van der Waals surface area contributed by atoms with Crippen LogP contribution in [0.5, 0.6) is 23.0 Å². The molecule has 2 aromatic carbocycles. The van der Waals surface area contributed by atoms with Gasteiger partial charge in [0.2, 0.25) is 5.75 Å². The van der Waals surface area contributed by atoms with Gasteiger partial charge in [0.15, 0.2) is 11.5 Å². The van der Waals surface area contributed by atoms with Crippen LogP contribution in [0.25, 0.3) is 11.1 Å². The lowest BCUT2D eigenvalue weighted by Crippen LogP contribution is -2.27. The number of methoxy groups -OCH3 is 2. The van der Waals surface area contributed by atoms with Crippen LogP contribution in [0.2, 0.25) is 0 Å². The van der Waals surface area contributed by atoms with Gasteiger partial charge < -0.3 is 29.9 Å². The van der Waals surface area contributed by atoms with Gasteiger partial charge >= 0.3 is 0 Å². The molecule has 4 bridgehead atoms. The van der Waals surface area contributed by atoms with E-state index in [0.29, 0.717) is 41.7 Å². The van der Waals surface area contributed by atoms with Crippen LogP contribution in [-0.2, 0) is 12.8 Å². The van der Waals surface area contributed by atoms with Gasteiger partial charge in [0, 0.05) is 17.5 Å². The summed E-state index contributed by atoms with van der Waals surface area (Å²) in [7, 11) is 2.94. The third kappa shape index (κ3) is 3.82. The van der Waals surface area contributed by atoms with Gasteiger partial charge in [-0.15, -0.1) is 0 Å². The molecular formula is C21H26O6. The van der Waals surface area contributed by atoms with Crippen LogP contribution in [0, 0.1) is 0 Å². The van der Waals surface area contributed by atoms with Crippen molar-refractivity contribution in [1.82, 2.24) is 0 Å². The molecule has 6 nitrogen and oxygen atoms in total. The minimum atomic E-state index is -0.879. The largest absolute Gasteiger partial charge is 0.507 e. The van der Waals surface area contributed by atoms with E-state index >= 15 is 0 Å². The zero-order valence-electron chi connectivity index (χ0n) is 15.6. The predicted molar refractivity (Wildman–Crippen MR) is 102 cm³/mol. The van der Waals surface area contributed by atoms with Crippen LogP contribution in [0.15, 0.2) is 24.3 Å². The molecule has 0 heterocycles. The van der Waals surface area contributed by atoms with Crippen LogP contribution in [-0.4, -0.2) is 46.9 Å². The van der Waals surface area contributed by atoms with E-state index in [-0.39, 0.29) is 23.7 Å². The molecule has 0 spiro atoms. The third-order valence-corrected chi connectivity index (χ3v) is 5.13. The highest BCUT2D eigenvalue weighted by molar-refractivity contribution is 5.81. The SMILES string of the molecule is COc1c2cc(c(O)c1OC)CCCC[C@H](O)[C@H](O)Cc1ccc(O)c-2c1. The number of aryl methyl sites for hydroxylation is 1. The van der Waals surface area contributed by atoms with Crippen molar-refractivity contribution in [3.05, 3.63) is 35.4 Å². The summed E-state index contributed by atoms with van der Waals surface area (Å²) in [5.74, 6) is 0.635. The van der Waals surface area contributed by atoms with E-state index in [1.54, 1.807) is 24.3 Å². The molecule has 6 heteroatoms. The molecule has 2 aromatic rings. The lowest BCUT2D eigenvalue weighted by molar-refractivity contribution is 0.0138. The van der Waals surface area contributed by atoms with Gasteiger partial charge in [-0.25, -0.2) is 0 Å². The Morgan fingerprint density at radius 3 is 2.33 bits per heavy atom. The number of hydrogen-bond acceptors (Lipinski definition) is 6. The average Bonchev–Trinajstić information content (AvgIpc) is 2.67. The maximum Gasteiger partial charge on any atom is 0.203 e. The number of phenols is 2. The summed E-state index contributed by atoms with van der Waals surface area (Å²) in [6.07, 6.45) is 1.08. The molecule has 0 radical (unpaired) electrons. The molecule has 4 N–H and O–H groups in total. The molecule has 0 unspecified atom stereocenters. The summed E-state index contributed by atoms with van der Waals surface area (Å²) < 4.78 is 10.9. The normalized spacial score (nSPS) is 20.1. The molecule has 0 saturated heterocycles. The fourth-order valence-electron chi connectivity index (χ4n) is 3.63. The van der Waals surface area contributed by atoms with Crippen LogP contribution >= 0.6 is 0 Å².